The molecule has 1 saturated heterocycles. The molecule has 0 saturated carbocycles. The first-order valence-electron chi connectivity index (χ1n) is 22.3. The van der Waals surface area contributed by atoms with Crippen LogP contribution in [0.5, 0.6) is 0 Å². The first kappa shape index (κ1) is 49.2. The number of carboxylic acid groups (broad SMARTS) is 1. The average Bonchev–Trinajstić information content (AvgIpc) is 3.84. The Labute approximate surface area is 403 Å². The number of nitrogens with one attached hydrogen (secondary N) is 2. The van der Waals surface area contributed by atoms with Gasteiger partial charge in [-0.15, -0.1) is 11.8 Å². The van der Waals surface area contributed by atoms with Crippen molar-refractivity contribution in [1.29, 1.82) is 0 Å². The van der Waals surface area contributed by atoms with Crippen LogP contribution in [-0.4, -0.2) is 107 Å². The van der Waals surface area contributed by atoms with E-state index in [-0.39, 0.29) is 12.2 Å². The van der Waals surface area contributed by atoms with Crippen LogP contribution in [0.4, 0.5) is 26.5 Å². The highest BCUT2D eigenvalue weighted by molar-refractivity contribution is 7.99. The van der Waals surface area contributed by atoms with Crippen molar-refractivity contribution in [2.75, 3.05) is 75.7 Å². The van der Waals surface area contributed by atoms with Gasteiger partial charge in [0, 0.05) is 69.4 Å². The van der Waals surface area contributed by atoms with Crippen LogP contribution < -0.4 is 10.2 Å². The third-order valence-electron chi connectivity index (χ3n) is 11.6. The summed E-state index contributed by atoms with van der Waals surface area (Å²) in [4.78, 5) is 41.8. The molecule has 3 N–H and O–H groups in total. The summed E-state index contributed by atoms with van der Waals surface area (Å²) in [7, 11) is 2.50. The Morgan fingerprint density at radius 2 is 1.61 bits per heavy atom. The number of imidazole rings is 1. The number of likely N-dealkylation sites (N-methyl/N-ethyl adjacent to an activating group) is 1. The van der Waals surface area contributed by atoms with E-state index in [9.17, 15) is 18.2 Å². The number of hydrogen-bond acceptors (Lipinski definition) is 10. The Balaban J connectivity index is 0.000000151. The number of rotatable bonds is 12. The SMILES string of the molecule is CC1=C(CC(=O)O)c2cc(F)ccc2/C1=C\c1ccc(S(C)=O)cc1.CCCSc1ccc2nc(NC(=O)OC)[nH]c2c1.CN1CCN(CCCN2c3ccccc3Sc3ccccc32)CC1. The second-order valence-electron chi connectivity index (χ2n) is 16.4. The maximum absolute atomic E-state index is 13.7. The average molecular weight is 961 g/mol. The third-order valence-corrected chi connectivity index (χ3v) is 14.9. The molecule has 1 atom stereocenters. The van der Waals surface area contributed by atoms with Gasteiger partial charge in [-0.3, -0.25) is 14.3 Å². The number of fused-ring (bicyclic) bond motifs is 4. The van der Waals surface area contributed by atoms with E-state index in [4.69, 9.17) is 5.11 Å². The van der Waals surface area contributed by atoms with Crippen molar-refractivity contribution in [3.05, 3.63) is 137 Å². The molecule has 2 aliphatic heterocycles. The van der Waals surface area contributed by atoms with Crippen LogP contribution in [0.1, 0.15) is 49.8 Å². The van der Waals surface area contributed by atoms with Crippen molar-refractivity contribution in [3.63, 3.8) is 0 Å². The van der Waals surface area contributed by atoms with Crippen LogP contribution >= 0.6 is 23.5 Å². The Bertz CT molecular complexity index is 2740. The van der Waals surface area contributed by atoms with Crippen molar-refractivity contribution in [2.45, 2.75) is 52.7 Å². The summed E-state index contributed by atoms with van der Waals surface area (Å²) in [5.41, 5.74) is 9.19. The van der Waals surface area contributed by atoms with Crippen molar-refractivity contribution in [3.8, 4) is 0 Å². The number of allylic oxidation sites excluding steroid dienone is 2. The number of para-hydroxylation sites is 2. The minimum Gasteiger partial charge on any atom is -0.481 e. The van der Waals surface area contributed by atoms with Crippen LogP contribution in [0.25, 0.3) is 28.3 Å². The smallest absolute Gasteiger partial charge is 0.413 e. The molecule has 5 aromatic carbocycles. The number of piperazine rings is 1. The van der Waals surface area contributed by atoms with Gasteiger partial charge < -0.3 is 29.5 Å². The quantitative estimate of drug-likeness (QED) is 0.101. The fraction of sp³-hybridized carbons (Fsp3) is 0.288. The van der Waals surface area contributed by atoms with Gasteiger partial charge in [-0.25, -0.2) is 14.2 Å². The van der Waals surface area contributed by atoms with Crippen molar-refractivity contribution < 1.29 is 28.0 Å². The highest BCUT2D eigenvalue weighted by Crippen LogP contribution is 2.48. The van der Waals surface area contributed by atoms with Crippen LogP contribution in [0, 0.1) is 5.82 Å². The zero-order valence-electron chi connectivity index (χ0n) is 38.5. The van der Waals surface area contributed by atoms with E-state index in [2.05, 4.69) is 97.2 Å². The molecule has 15 heteroatoms. The molecule has 1 unspecified atom stereocenters. The fourth-order valence-corrected chi connectivity index (χ4v) is 10.5. The van der Waals surface area contributed by atoms with Crippen LogP contribution in [-0.2, 0) is 20.3 Å². The lowest BCUT2D eigenvalue weighted by Crippen LogP contribution is -2.45. The van der Waals surface area contributed by atoms with Crippen LogP contribution in [0.15, 0.2) is 134 Å². The molecule has 67 heavy (non-hydrogen) atoms. The first-order chi connectivity index (χ1) is 32.4. The van der Waals surface area contributed by atoms with Gasteiger partial charge in [0.25, 0.3) is 0 Å². The summed E-state index contributed by atoms with van der Waals surface area (Å²) in [5.74, 6) is 0.160. The molecule has 9 rings (SSSR count). The van der Waals surface area contributed by atoms with E-state index < -0.39 is 22.9 Å². The molecule has 1 amide bonds. The number of hydrogen-bond donors (Lipinski definition) is 3. The zero-order chi connectivity index (χ0) is 47.5. The summed E-state index contributed by atoms with van der Waals surface area (Å²) >= 11 is 3.69. The number of anilines is 3. The summed E-state index contributed by atoms with van der Waals surface area (Å²) in [6, 6.07) is 35.4. The number of aromatic amines is 1. The number of halogens is 1. The molecule has 1 fully saturated rings. The van der Waals surface area contributed by atoms with Gasteiger partial charge in [0.05, 0.1) is 35.9 Å². The summed E-state index contributed by atoms with van der Waals surface area (Å²) in [6.45, 7) is 11.1. The Hall–Kier alpha value is -5.71. The minimum absolute atomic E-state index is 0.145. The summed E-state index contributed by atoms with van der Waals surface area (Å²) < 4.78 is 29.7. The van der Waals surface area contributed by atoms with E-state index in [1.54, 1.807) is 36.2 Å². The van der Waals surface area contributed by atoms with E-state index in [1.165, 1.54) is 84.4 Å². The predicted octanol–water partition coefficient (Wildman–Crippen LogP) is 11.5. The van der Waals surface area contributed by atoms with Crippen molar-refractivity contribution >= 4 is 92.0 Å². The monoisotopic (exact) mass is 960 g/mol. The second kappa shape index (κ2) is 23.3. The lowest BCUT2D eigenvalue weighted by atomic mass is 10.0. The van der Waals surface area contributed by atoms with Crippen LogP contribution in [0.2, 0.25) is 0 Å². The van der Waals surface area contributed by atoms with E-state index in [0.29, 0.717) is 17.1 Å². The maximum Gasteiger partial charge on any atom is 0.413 e. The predicted molar refractivity (Wildman–Crippen MR) is 274 cm³/mol. The van der Waals surface area contributed by atoms with E-state index in [0.717, 1.165) is 56.9 Å². The number of carbonyl (C=O) groups is 2. The number of carboxylic acids is 1. The largest absolute Gasteiger partial charge is 0.481 e. The number of methoxy groups -OCH3 is 1. The van der Waals surface area contributed by atoms with Crippen LogP contribution in [0.3, 0.4) is 0 Å². The van der Waals surface area contributed by atoms with Gasteiger partial charge in [0.15, 0.2) is 0 Å². The molecule has 0 radical (unpaired) electrons. The highest BCUT2D eigenvalue weighted by atomic mass is 32.2. The van der Waals surface area contributed by atoms with Crippen molar-refractivity contribution in [2.24, 2.45) is 0 Å². The standard InChI is InChI=1S/C20H17FO3S.C20H25N3S.C12H15N3O2S/c1-12-17(9-13-3-6-15(7-4-13)25(2)24)16-8-5-14(21)10-19(16)18(12)11-20(22)23;1-21-13-15-22(16-14-21)11-6-12-23-17-7-2-4-9-19(17)24-20-10-5-3-8-18(20)23;1-3-6-18-8-4-5-9-10(7-8)14-11(13-9)15-12(16)17-2/h3-10H,11H2,1-2H3,(H,22,23);2-5,7-10H,6,11-16H2,1H3;4-5,7H,3,6H2,1-2H3,(H2,13,14,15,16)/b17-9-;;. The number of aromatic nitrogens is 2. The number of ether oxygens (including phenoxy) is 1. The lowest BCUT2D eigenvalue weighted by molar-refractivity contribution is -0.135. The number of aliphatic carboxylic acids is 1. The highest BCUT2D eigenvalue weighted by Gasteiger charge is 2.26. The molecular weight excluding hydrogens is 904 g/mol. The Morgan fingerprint density at radius 3 is 2.25 bits per heavy atom. The second-order valence-corrected chi connectivity index (χ2v) is 20.0. The molecular formula is C52H57FN6O5S3. The van der Waals surface area contributed by atoms with Gasteiger partial charge in [0.1, 0.15) is 5.82 Å². The van der Waals surface area contributed by atoms with Gasteiger partial charge in [-0.05, 0) is 145 Å². The first-order valence-corrected chi connectivity index (χ1v) is 25.7. The van der Waals surface area contributed by atoms with Gasteiger partial charge >= 0.3 is 12.1 Å². The minimum atomic E-state index is -1.04. The molecule has 0 spiro atoms. The number of amides is 1. The molecule has 1 aliphatic carbocycles. The summed E-state index contributed by atoms with van der Waals surface area (Å²) in [5, 5.41) is 11.7. The molecule has 11 nitrogen and oxygen atoms in total. The Morgan fingerprint density at radius 1 is 0.925 bits per heavy atom. The fourth-order valence-electron chi connectivity index (χ4n) is 8.11. The number of benzene rings is 5. The third kappa shape index (κ3) is 12.8. The van der Waals surface area contributed by atoms with E-state index in [1.807, 2.05) is 55.1 Å². The summed E-state index contributed by atoms with van der Waals surface area (Å²) in [6.07, 6.45) is 5.24. The van der Waals surface area contributed by atoms with Gasteiger partial charge in [-0.1, -0.05) is 61.2 Å². The number of H-pyrrole nitrogens is 1. The van der Waals surface area contributed by atoms with E-state index >= 15 is 0 Å². The molecule has 1 aromatic heterocycles. The van der Waals surface area contributed by atoms with Gasteiger partial charge in [0.2, 0.25) is 5.95 Å². The molecule has 350 valence electrons. The number of nitrogens with zero attached hydrogens (tertiary/aromatic N) is 4. The number of carbonyl (C=O) groups excluding carboxylic acids is 1. The normalized spacial score (nSPS) is 15.4. The van der Waals surface area contributed by atoms with Gasteiger partial charge in [-0.2, -0.15) is 0 Å². The topological polar surface area (TPSA) is 131 Å². The molecule has 0 bridgehead atoms. The maximum atomic E-state index is 13.7. The van der Waals surface area contributed by atoms with Crippen molar-refractivity contribution in [1.82, 2.24) is 19.8 Å². The number of thioether (sulfide) groups is 1. The lowest BCUT2D eigenvalue weighted by Gasteiger charge is -2.35. The molecule has 3 heterocycles. The Kier molecular flexibility index (Phi) is 17.1. The molecule has 6 aromatic rings. The zero-order valence-corrected chi connectivity index (χ0v) is 41.0. The molecule has 3 aliphatic rings.